The lowest BCUT2D eigenvalue weighted by molar-refractivity contribution is -0.128. The summed E-state index contributed by atoms with van der Waals surface area (Å²) in [5.41, 5.74) is 0.498. The highest BCUT2D eigenvalue weighted by Crippen LogP contribution is 2.29. The average molecular weight is 275 g/mol. The predicted octanol–water partition coefficient (Wildman–Crippen LogP) is 1.92. The van der Waals surface area contributed by atoms with Crippen molar-refractivity contribution >= 4 is 34.8 Å². The largest absolute Gasteiger partial charge is 0.366 e. The molecule has 6 heteroatoms. The Labute approximate surface area is 109 Å². The maximum absolute atomic E-state index is 11.9. The van der Waals surface area contributed by atoms with Gasteiger partial charge < -0.3 is 15.4 Å². The summed E-state index contributed by atoms with van der Waals surface area (Å²) in [5, 5.41) is 6.53. The van der Waals surface area contributed by atoms with E-state index in [9.17, 15) is 4.79 Å². The second-order valence-corrected chi connectivity index (χ2v) is 4.44. The van der Waals surface area contributed by atoms with Crippen LogP contribution >= 0.6 is 23.2 Å². The van der Waals surface area contributed by atoms with Gasteiger partial charge in [-0.15, -0.1) is 0 Å². The number of ether oxygens (including phenoxy) is 1. The van der Waals surface area contributed by atoms with E-state index in [0.29, 0.717) is 28.9 Å². The van der Waals surface area contributed by atoms with Gasteiger partial charge in [0.15, 0.2) is 0 Å². The Bertz CT molecular complexity index is 420. The number of halogens is 2. The molecule has 1 atom stereocenters. The molecule has 1 saturated heterocycles. The summed E-state index contributed by atoms with van der Waals surface area (Å²) >= 11 is 11.8. The summed E-state index contributed by atoms with van der Waals surface area (Å²) in [6, 6.07) is 5.09. The fraction of sp³-hybridized carbons (Fsp3) is 0.364. The fourth-order valence-corrected chi connectivity index (χ4v) is 1.90. The van der Waals surface area contributed by atoms with Crippen molar-refractivity contribution in [2.24, 2.45) is 0 Å². The van der Waals surface area contributed by atoms with E-state index in [-0.39, 0.29) is 5.91 Å². The van der Waals surface area contributed by atoms with Crippen LogP contribution in [0.4, 0.5) is 5.69 Å². The van der Waals surface area contributed by atoms with Crippen molar-refractivity contribution in [3.8, 4) is 0 Å². The van der Waals surface area contributed by atoms with E-state index in [2.05, 4.69) is 10.6 Å². The van der Waals surface area contributed by atoms with Crippen molar-refractivity contribution in [2.45, 2.75) is 6.10 Å². The molecule has 0 radical (unpaired) electrons. The lowest BCUT2D eigenvalue weighted by Gasteiger charge is -2.22. The molecule has 1 heterocycles. The van der Waals surface area contributed by atoms with E-state index in [0.717, 1.165) is 6.54 Å². The molecule has 2 rings (SSSR count). The summed E-state index contributed by atoms with van der Waals surface area (Å²) in [6.45, 7) is 1.80. The standard InChI is InChI=1S/C11H12Cl2N2O2/c12-7-2-1-3-8(10(7)13)15-11(16)9-6-14-4-5-17-9/h1-3,9,14H,4-6H2,(H,15,16)/t9-/m1/s1. The monoisotopic (exact) mass is 274 g/mol. The summed E-state index contributed by atoms with van der Waals surface area (Å²) in [5.74, 6) is -0.221. The summed E-state index contributed by atoms with van der Waals surface area (Å²) in [4.78, 5) is 11.9. The zero-order valence-electron chi connectivity index (χ0n) is 9.00. The van der Waals surface area contributed by atoms with Gasteiger partial charge in [0.1, 0.15) is 6.10 Å². The second kappa shape index (κ2) is 5.69. The Balaban J connectivity index is 2.04. The molecular formula is C11H12Cl2N2O2. The second-order valence-electron chi connectivity index (χ2n) is 3.65. The molecular weight excluding hydrogens is 263 g/mol. The van der Waals surface area contributed by atoms with E-state index < -0.39 is 6.10 Å². The molecule has 0 unspecified atom stereocenters. The van der Waals surface area contributed by atoms with Crippen LogP contribution in [0.15, 0.2) is 18.2 Å². The van der Waals surface area contributed by atoms with Gasteiger partial charge in [0.2, 0.25) is 0 Å². The third kappa shape index (κ3) is 3.10. The molecule has 0 aromatic heterocycles. The van der Waals surface area contributed by atoms with Crippen LogP contribution < -0.4 is 10.6 Å². The molecule has 1 aromatic rings. The van der Waals surface area contributed by atoms with Gasteiger partial charge in [-0.1, -0.05) is 29.3 Å². The van der Waals surface area contributed by atoms with E-state index in [1.54, 1.807) is 18.2 Å². The highest BCUT2D eigenvalue weighted by Gasteiger charge is 2.22. The van der Waals surface area contributed by atoms with E-state index in [1.165, 1.54) is 0 Å². The van der Waals surface area contributed by atoms with Gasteiger partial charge in [0.25, 0.3) is 5.91 Å². The first-order chi connectivity index (χ1) is 8.18. The van der Waals surface area contributed by atoms with Gasteiger partial charge in [0.05, 0.1) is 22.3 Å². The number of amides is 1. The summed E-state index contributed by atoms with van der Waals surface area (Å²) in [7, 11) is 0. The Morgan fingerprint density at radius 3 is 3.00 bits per heavy atom. The molecule has 0 bridgehead atoms. The zero-order valence-corrected chi connectivity index (χ0v) is 10.5. The average Bonchev–Trinajstić information content (AvgIpc) is 2.36. The Morgan fingerprint density at radius 2 is 2.29 bits per heavy atom. The van der Waals surface area contributed by atoms with Gasteiger partial charge in [-0.05, 0) is 12.1 Å². The first kappa shape index (κ1) is 12.6. The topological polar surface area (TPSA) is 50.4 Å². The minimum absolute atomic E-state index is 0.221. The van der Waals surface area contributed by atoms with Crippen molar-refractivity contribution in [2.75, 3.05) is 25.0 Å². The van der Waals surface area contributed by atoms with Gasteiger partial charge in [-0.3, -0.25) is 4.79 Å². The molecule has 0 spiro atoms. The maximum atomic E-state index is 11.9. The van der Waals surface area contributed by atoms with Gasteiger partial charge in [-0.2, -0.15) is 0 Å². The molecule has 1 aliphatic heterocycles. The van der Waals surface area contributed by atoms with Crippen molar-refractivity contribution in [1.29, 1.82) is 0 Å². The smallest absolute Gasteiger partial charge is 0.254 e. The lowest BCUT2D eigenvalue weighted by atomic mass is 10.2. The van der Waals surface area contributed by atoms with Crippen LogP contribution in [0.1, 0.15) is 0 Å². The number of hydrogen-bond donors (Lipinski definition) is 2. The maximum Gasteiger partial charge on any atom is 0.254 e. The van der Waals surface area contributed by atoms with Gasteiger partial charge in [0, 0.05) is 13.1 Å². The summed E-state index contributed by atoms with van der Waals surface area (Å²) in [6.07, 6.45) is -0.487. The number of carbonyl (C=O) groups excluding carboxylic acids is 1. The first-order valence-electron chi connectivity index (χ1n) is 5.25. The molecule has 4 nitrogen and oxygen atoms in total. The highest BCUT2D eigenvalue weighted by molar-refractivity contribution is 6.44. The number of nitrogens with one attached hydrogen (secondary N) is 2. The van der Waals surface area contributed by atoms with Crippen LogP contribution in [-0.4, -0.2) is 31.7 Å². The van der Waals surface area contributed by atoms with Crippen LogP contribution in [-0.2, 0) is 9.53 Å². The Kier molecular flexibility index (Phi) is 4.23. The van der Waals surface area contributed by atoms with Gasteiger partial charge >= 0.3 is 0 Å². The van der Waals surface area contributed by atoms with Crippen LogP contribution in [0.3, 0.4) is 0 Å². The number of rotatable bonds is 2. The minimum atomic E-state index is -0.487. The molecule has 1 aromatic carbocycles. The number of hydrogen-bond acceptors (Lipinski definition) is 3. The molecule has 0 saturated carbocycles. The number of benzene rings is 1. The normalized spacial score (nSPS) is 20.0. The summed E-state index contributed by atoms with van der Waals surface area (Å²) < 4.78 is 5.33. The minimum Gasteiger partial charge on any atom is -0.366 e. The SMILES string of the molecule is O=C(Nc1cccc(Cl)c1Cl)[C@H]1CNCCO1. The number of anilines is 1. The first-order valence-corrected chi connectivity index (χ1v) is 6.01. The molecule has 17 heavy (non-hydrogen) atoms. The molecule has 1 fully saturated rings. The van der Waals surface area contributed by atoms with Crippen LogP contribution in [0, 0.1) is 0 Å². The van der Waals surface area contributed by atoms with Crippen molar-refractivity contribution in [3.05, 3.63) is 28.2 Å². The lowest BCUT2D eigenvalue weighted by Crippen LogP contribution is -2.45. The molecule has 0 aliphatic carbocycles. The van der Waals surface area contributed by atoms with Crippen molar-refractivity contribution in [1.82, 2.24) is 5.32 Å². The number of morpholine rings is 1. The fourth-order valence-electron chi connectivity index (χ4n) is 1.55. The van der Waals surface area contributed by atoms with E-state index >= 15 is 0 Å². The molecule has 92 valence electrons. The highest BCUT2D eigenvalue weighted by atomic mass is 35.5. The van der Waals surface area contributed by atoms with E-state index in [1.807, 2.05) is 0 Å². The van der Waals surface area contributed by atoms with Crippen LogP contribution in [0.5, 0.6) is 0 Å². The third-order valence-corrected chi connectivity index (χ3v) is 3.25. The van der Waals surface area contributed by atoms with Crippen molar-refractivity contribution in [3.63, 3.8) is 0 Å². The van der Waals surface area contributed by atoms with Crippen molar-refractivity contribution < 1.29 is 9.53 Å². The molecule has 2 N–H and O–H groups in total. The predicted molar refractivity (Wildman–Crippen MR) is 67.7 cm³/mol. The van der Waals surface area contributed by atoms with E-state index in [4.69, 9.17) is 27.9 Å². The third-order valence-electron chi connectivity index (χ3n) is 2.43. The van der Waals surface area contributed by atoms with Crippen LogP contribution in [0.2, 0.25) is 10.0 Å². The van der Waals surface area contributed by atoms with Gasteiger partial charge in [-0.25, -0.2) is 0 Å². The van der Waals surface area contributed by atoms with Crippen LogP contribution in [0.25, 0.3) is 0 Å². The quantitative estimate of drug-likeness (QED) is 0.867. The zero-order chi connectivity index (χ0) is 12.3. The molecule has 1 aliphatic rings. The molecule has 1 amide bonds. The Hall–Kier alpha value is -0.810. The Morgan fingerprint density at radius 1 is 1.47 bits per heavy atom. The number of carbonyl (C=O) groups is 1.